The number of methoxy groups -OCH3 is 1. The van der Waals surface area contributed by atoms with Crippen LogP contribution in [0.1, 0.15) is 43.1 Å². The van der Waals surface area contributed by atoms with E-state index in [9.17, 15) is 14.4 Å². The van der Waals surface area contributed by atoms with Gasteiger partial charge in [0.2, 0.25) is 5.71 Å². The highest BCUT2D eigenvalue weighted by Crippen LogP contribution is 2.07. The van der Waals surface area contributed by atoms with Gasteiger partial charge in [-0.05, 0) is 39.3 Å². The van der Waals surface area contributed by atoms with E-state index < -0.39 is 11.8 Å². The summed E-state index contributed by atoms with van der Waals surface area (Å²) in [5, 5.41) is 5.38. The lowest BCUT2D eigenvalue weighted by atomic mass is 10.1. The van der Waals surface area contributed by atoms with Crippen LogP contribution in [-0.4, -0.2) is 55.1 Å². The lowest BCUT2D eigenvalue weighted by molar-refractivity contribution is -0.135. The first-order valence-corrected chi connectivity index (χ1v) is 11.1. The molecule has 0 N–H and O–H groups in total. The summed E-state index contributed by atoms with van der Waals surface area (Å²) in [6.07, 6.45) is 14.7. The first kappa shape index (κ1) is 28.3. The topological polar surface area (TPSA) is 85.3 Å². The first-order valence-electron chi connectivity index (χ1n) is 11.1. The van der Waals surface area contributed by atoms with Gasteiger partial charge < -0.3 is 9.47 Å². The van der Waals surface area contributed by atoms with Crippen LogP contribution >= 0.6 is 0 Å². The van der Waals surface area contributed by atoms with Crippen molar-refractivity contribution < 1.29 is 23.9 Å². The highest BCUT2D eigenvalue weighted by Gasteiger charge is 2.21. The second-order valence-electron chi connectivity index (χ2n) is 7.44. The van der Waals surface area contributed by atoms with Crippen molar-refractivity contribution in [3.63, 3.8) is 0 Å². The maximum absolute atomic E-state index is 12.5. The molecule has 2 rings (SSSR count). The standard InChI is InChI=1S/C19H24N2O5.C8H10/c1-5-26-19(24)18(15(3)22)20-21(10-7-11-25-4)13-17(23)16-9-6-8-14(2)12-16;1-8-6-4-2-3-5-7-8/h6-9,11-12H,5,10,13H2,1-4H3;2-4,6-7H,5H2,1H3/b11-7+,20-18+;. The van der Waals surface area contributed by atoms with E-state index in [0.29, 0.717) is 5.56 Å². The molecule has 0 aliphatic heterocycles. The molecule has 7 nitrogen and oxygen atoms in total. The second kappa shape index (κ2) is 16.0. The Bertz CT molecular complexity index is 984. The van der Waals surface area contributed by atoms with E-state index in [4.69, 9.17) is 9.47 Å². The molecule has 0 spiro atoms. The number of nitrogens with zero attached hydrogens (tertiary/aromatic N) is 2. The van der Waals surface area contributed by atoms with Crippen LogP contribution in [0.3, 0.4) is 0 Å². The van der Waals surface area contributed by atoms with E-state index in [-0.39, 0.29) is 31.2 Å². The molecule has 0 saturated carbocycles. The van der Waals surface area contributed by atoms with Gasteiger partial charge in [-0.25, -0.2) is 4.79 Å². The van der Waals surface area contributed by atoms with Crippen LogP contribution in [0.4, 0.5) is 0 Å². The molecular weight excluding hydrogens is 432 g/mol. The van der Waals surface area contributed by atoms with Crippen LogP contribution < -0.4 is 0 Å². The van der Waals surface area contributed by atoms with E-state index in [1.54, 1.807) is 31.2 Å². The number of hydrogen-bond donors (Lipinski definition) is 0. The average molecular weight is 467 g/mol. The van der Waals surface area contributed by atoms with Gasteiger partial charge in [0, 0.05) is 12.5 Å². The summed E-state index contributed by atoms with van der Waals surface area (Å²) in [4.78, 5) is 36.2. The molecule has 7 heteroatoms. The van der Waals surface area contributed by atoms with E-state index in [0.717, 1.165) is 12.0 Å². The number of ketones is 2. The minimum Gasteiger partial charge on any atom is -0.505 e. The molecule has 1 aromatic carbocycles. The van der Waals surface area contributed by atoms with Gasteiger partial charge in [-0.3, -0.25) is 14.6 Å². The molecule has 0 bridgehead atoms. The predicted molar refractivity (Wildman–Crippen MR) is 135 cm³/mol. The second-order valence-corrected chi connectivity index (χ2v) is 7.44. The zero-order valence-electron chi connectivity index (χ0n) is 20.6. The highest BCUT2D eigenvalue weighted by molar-refractivity contribution is 6.63. The van der Waals surface area contributed by atoms with Crippen LogP contribution in [0.2, 0.25) is 0 Å². The molecule has 1 aromatic rings. The summed E-state index contributed by atoms with van der Waals surface area (Å²) in [6, 6.07) is 7.16. The molecule has 34 heavy (non-hydrogen) atoms. The van der Waals surface area contributed by atoms with Crippen molar-refractivity contribution in [2.75, 3.05) is 26.8 Å². The fraction of sp³-hybridized carbons (Fsp3) is 0.333. The fourth-order valence-electron chi connectivity index (χ4n) is 2.76. The van der Waals surface area contributed by atoms with Crippen LogP contribution in [0.5, 0.6) is 0 Å². The predicted octanol–water partition coefficient (Wildman–Crippen LogP) is 4.60. The minimum absolute atomic E-state index is 0.103. The van der Waals surface area contributed by atoms with Gasteiger partial charge >= 0.3 is 5.97 Å². The third-order valence-electron chi connectivity index (χ3n) is 4.44. The summed E-state index contributed by atoms with van der Waals surface area (Å²) >= 11 is 0. The number of Topliss-reactive ketones (excluding diaryl/α,β-unsaturated/α-hetero) is 2. The number of hydrazone groups is 1. The molecule has 1 aliphatic rings. The molecule has 0 unspecified atom stereocenters. The van der Waals surface area contributed by atoms with E-state index >= 15 is 0 Å². The van der Waals surface area contributed by atoms with Crippen LogP contribution in [-0.2, 0) is 19.1 Å². The highest BCUT2D eigenvalue weighted by atomic mass is 16.5. The zero-order chi connectivity index (χ0) is 25.3. The van der Waals surface area contributed by atoms with Crippen LogP contribution in [0, 0.1) is 6.92 Å². The number of esters is 1. The Balaban J connectivity index is 0.000000605. The lowest BCUT2D eigenvalue weighted by Crippen LogP contribution is -2.32. The van der Waals surface area contributed by atoms with Crippen LogP contribution in [0.15, 0.2) is 77.7 Å². The number of ether oxygens (including phenoxy) is 2. The molecule has 0 heterocycles. The van der Waals surface area contributed by atoms with Gasteiger partial charge in [0.05, 0.1) is 33.1 Å². The van der Waals surface area contributed by atoms with Gasteiger partial charge in [-0.1, -0.05) is 59.7 Å². The molecule has 182 valence electrons. The molecule has 0 atom stereocenters. The normalized spacial score (nSPS) is 12.9. The van der Waals surface area contributed by atoms with Gasteiger partial charge in [-0.2, -0.15) is 5.10 Å². The number of hydrogen-bond acceptors (Lipinski definition) is 7. The molecule has 0 aromatic heterocycles. The van der Waals surface area contributed by atoms with Crippen molar-refractivity contribution in [2.45, 2.75) is 34.1 Å². The van der Waals surface area contributed by atoms with Crippen molar-refractivity contribution in [1.29, 1.82) is 0 Å². The van der Waals surface area contributed by atoms with Gasteiger partial charge in [0.1, 0.15) is 0 Å². The Morgan fingerprint density at radius 3 is 2.59 bits per heavy atom. The Hall–Kier alpha value is -3.74. The summed E-state index contributed by atoms with van der Waals surface area (Å²) in [5.74, 6) is -1.54. The summed E-state index contributed by atoms with van der Waals surface area (Å²) in [6.45, 7) is 7.07. The third-order valence-corrected chi connectivity index (χ3v) is 4.44. The maximum atomic E-state index is 12.5. The number of carbonyl (C=O) groups is 3. The SMILES string of the molecule is CC1=CCC=CC=C1.CCOC(=O)/C(=N/N(C/C=C/OC)CC(=O)c1cccc(C)c1)C(C)=O. The van der Waals surface area contributed by atoms with E-state index in [1.807, 2.05) is 13.0 Å². The Morgan fingerprint density at radius 1 is 1.18 bits per heavy atom. The zero-order valence-corrected chi connectivity index (χ0v) is 20.6. The summed E-state index contributed by atoms with van der Waals surface area (Å²) < 4.78 is 9.69. The number of rotatable bonds is 10. The van der Waals surface area contributed by atoms with Crippen molar-refractivity contribution in [3.8, 4) is 0 Å². The Morgan fingerprint density at radius 2 is 1.94 bits per heavy atom. The Kier molecular flexibility index (Phi) is 13.3. The summed E-state index contributed by atoms with van der Waals surface area (Å²) in [5.41, 5.74) is 2.49. The van der Waals surface area contributed by atoms with Crippen molar-refractivity contribution >= 4 is 23.2 Å². The molecule has 0 radical (unpaired) electrons. The minimum atomic E-state index is -0.816. The van der Waals surface area contributed by atoms with Crippen LogP contribution in [0.25, 0.3) is 0 Å². The molecule has 0 saturated heterocycles. The van der Waals surface area contributed by atoms with Crippen molar-refractivity contribution in [1.82, 2.24) is 5.01 Å². The largest absolute Gasteiger partial charge is 0.505 e. The van der Waals surface area contributed by atoms with E-state index in [1.165, 1.54) is 30.9 Å². The number of carbonyl (C=O) groups excluding carboxylic acids is 3. The molecule has 0 fully saturated rings. The maximum Gasteiger partial charge on any atom is 0.362 e. The van der Waals surface area contributed by atoms with Gasteiger partial charge in [0.25, 0.3) is 0 Å². The fourth-order valence-corrected chi connectivity index (χ4v) is 2.76. The first-order chi connectivity index (χ1) is 16.3. The smallest absolute Gasteiger partial charge is 0.362 e. The number of aryl methyl sites for hydroxylation is 1. The van der Waals surface area contributed by atoms with Gasteiger partial charge in [0.15, 0.2) is 11.6 Å². The van der Waals surface area contributed by atoms with Crippen molar-refractivity contribution in [2.24, 2.45) is 5.10 Å². The van der Waals surface area contributed by atoms with Crippen molar-refractivity contribution in [3.05, 3.63) is 83.7 Å². The molecule has 1 aliphatic carbocycles. The molecular formula is C27H34N2O5. The summed E-state index contributed by atoms with van der Waals surface area (Å²) in [7, 11) is 1.49. The quantitative estimate of drug-likeness (QED) is 0.125. The Labute approximate surface area is 202 Å². The third kappa shape index (κ3) is 11.2. The van der Waals surface area contributed by atoms with E-state index in [2.05, 4.69) is 42.4 Å². The van der Waals surface area contributed by atoms with Gasteiger partial charge in [-0.15, -0.1) is 0 Å². The molecule has 0 amide bonds. The average Bonchev–Trinajstić information content (AvgIpc) is 3.05. The number of benzene rings is 1. The number of allylic oxidation sites excluding steroid dienone is 6. The lowest BCUT2D eigenvalue weighted by Gasteiger charge is -2.18. The monoisotopic (exact) mass is 466 g/mol.